The van der Waals surface area contributed by atoms with Crippen LogP contribution in [0.2, 0.25) is 0 Å². The van der Waals surface area contributed by atoms with Crippen molar-refractivity contribution in [3.63, 3.8) is 0 Å². The van der Waals surface area contributed by atoms with Gasteiger partial charge < -0.3 is 13.9 Å². The van der Waals surface area contributed by atoms with Crippen LogP contribution in [0.15, 0.2) is 59.9 Å². The molecule has 5 aromatic rings. The third-order valence-corrected chi connectivity index (χ3v) is 7.72. The molecule has 7 rings (SSSR count). The van der Waals surface area contributed by atoms with E-state index < -0.39 is 23.2 Å². The van der Waals surface area contributed by atoms with Gasteiger partial charge in [0, 0.05) is 41.4 Å². The van der Waals surface area contributed by atoms with Gasteiger partial charge in [-0.2, -0.15) is 13.2 Å². The van der Waals surface area contributed by atoms with Crippen molar-refractivity contribution in [3.05, 3.63) is 88.2 Å². The number of pyridine rings is 2. The topological polar surface area (TPSA) is 87.7 Å². The summed E-state index contributed by atoms with van der Waals surface area (Å²) in [5, 5.41) is 0.433. The van der Waals surface area contributed by atoms with Gasteiger partial charge in [-0.1, -0.05) is 24.3 Å². The van der Waals surface area contributed by atoms with E-state index in [1.165, 1.54) is 36.3 Å². The molecular weight excluding hydrogens is 552 g/mol. The summed E-state index contributed by atoms with van der Waals surface area (Å²) in [6.45, 7) is 0.0274. The molecular formula is C30H24F4N6O2. The number of aromatic nitrogens is 6. The van der Waals surface area contributed by atoms with Gasteiger partial charge >= 0.3 is 6.18 Å². The molecule has 0 amide bonds. The number of imidazole rings is 1. The van der Waals surface area contributed by atoms with Gasteiger partial charge in [-0.15, -0.1) is 0 Å². The van der Waals surface area contributed by atoms with Crippen molar-refractivity contribution in [2.75, 3.05) is 7.11 Å². The molecule has 2 aliphatic rings. The molecule has 0 radical (unpaired) electrons. The fourth-order valence-corrected chi connectivity index (χ4v) is 5.32. The Morgan fingerprint density at radius 2 is 1.76 bits per heavy atom. The van der Waals surface area contributed by atoms with Gasteiger partial charge in [0.1, 0.15) is 17.8 Å². The maximum Gasteiger partial charge on any atom is 0.434 e. The summed E-state index contributed by atoms with van der Waals surface area (Å²) < 4.78 is 64.8. The molecule has 42 heavy (non-hydrogen) atoms. The Bertz CT molecular complexity index is 1890. The van der Waals surface area contributed by atoms with Crippen LogP contribution in [0, 0.1) is 5.82 Å². The van der Waals surface area contributed by atoms with Gasteiger partial charge in [0.05, 0.1) is 30.4 Å². The van der Waals surface area contributed by atoms with Crippen LogP contribution in [0.4, 0.5) is 17.6 Å². The molecule has 0 N–H and O–H groups in total. The Kier molecular flexibility index (Phi) is 6.10. The van der Waals surface area contributed by atoms with E-state index in [9.17, 15) is 18.0 Å². The molecule has 1 aromatic carbocycles. The van der Waals surface area contributed by atoms with Crippen LogP contribution in [0.25, 0.3) is 33.5 Å². The Labute approximate surface area is 236 Å². The average Bonchev–Trinajstić information content (AvgIpc) is 3.92. The van der Waals surface area contributed by atoms with E-state index in [4.69, 9.17) is 4.74 Å². The van der Waals surface area contributed by atoms with Crippen molar-refractivity contribution in [3.8, 4) is 28.5 Å². The van der Waals surface area contributed by atoms with E-state index in [1.807, 2.05) is 0 Å². The van der Waals surface area contributed by atoms with Crippen LogP contribution in [0.3, 0.4) is 0 Å². The van der Waals surface area contributed by atoms with Crippen molar-refractivity contribution < 1.29 is 22.3 Å². The van der Waals surface area contributed by atoms with E-state index in [-0.39, 0.29) is 41.4 Å². The lowest BCUT2D eigenvalue weighted by Gasteiger charge is -2.15. The number of fused-ring (bicyclic) bond motifs is 1. The first kappa shape index (κ1) is 26.3. The highest BCUT2D eigenvalue weighted by Gasteiger charge is 2.37. The Morgan fingerprint density at radius 3 is 2.43 bits per heavy atom. The van der Waals surface area contributed by atoms with Crippen LogP contribution in [-0.2, 0) is 12.7 Å². The van der Waals surface area contributed by atoms with Crippen LogP contribution >= 0.6 is 0 Å². The van der Waals surface area contributed by atoms with Crippen molar-refractivity contribution in [2.24, 2.45) is 0 Å². The molecule has 0 bridgehead atoms. The molecule has 214 valence electrons. The number of halogens is 4. The van der Waals surface area contributed by atoms with E-state index >= 15 is 4.39 Å². The second-order valence-corrected chi connectivity index (χ2v) is 10.7. The summed E-state index contributed by atoms with van der Waals surface area (Å²) in [7, 11) is 1.45. The summed E-state index contributed by atoms with van der Waals surface area (Å²) in [5.41, 5.74) is 0.942. The molecule has 0 saturated heterocycles. The molecule has 2 fully saturated rings. The molecule has 0 unspecified atom stereocenters. The van der Waals surface area contributed by atoms with Crippen molar-refractivity contribution in [1.29, 1.82) is 0 Å². The van der Waals surface area contributed by atoms with Gasteiger partial charge in [0.25, 0.3) is 5.56 Å². The third-order valence-electron chi connectivity index (χ3n) is 7.72. The summed E-state index contributed by atoms with van der Waals surface area (Å²) in [6, 6.07) is 9.63. The van der Waals surface area contributed by atoms with Crippen LogP contribution < -0.4 is 10.3 Å². The predicted molar refractivity (Wildman–Crippen MR) is 146 cm³/mol. The largest absolute Gasteiger partial charge is 0.480 e. The number of ether oxygens (including phenoxy) is 1. The standard InChI is InChI=1S/C30H24F4N6O2/c1-42-29-23(25(17-6-7-17)36-15-37-29)26-24(31)27-19(12-35-26)8-11-22(41)40(27)13-16-2-4-18(5-3-16)28-38-21(30(32,33)34)14-39(28)20-9-10-20/h2-5,8,11-12,14-15,17,20H,6-7,9-10,13H2,1H3. The summed E-state index contributed by atoms with van der Waals surface area (Å²) in [4.78, 5) is 29.9. The average molecular weight is 577 g/mol. The zero-order valence-corrected chi connectivity index (χ0v) is 22.4. The minimum absolute atomic E-state index is 0.00242. The lowest BCUT2D eigenvalue weighted by Crippen LogP contribution is -2.21. The molecule has 12 heteroatoms. The number of nitrogens with zero attached hydrogens (tertiary/aromatic N) is 6. The quantitative estimate of drug-likeness (QED) is 0.216. The SMILES string of the molecule is COc1ncnc(C2CC2)c1-c1ncc2ccc(=O)n(Cc3ccc(-c4nc(C(F)(F)F)cn4C4CC4)cc3)c2c1F. The van der Waals surface area contributed by atoms with Gasteiger partial charge in [-0.25, -0.2) is 19.3 Å². The number of benzene rings is 1. The maximum atomic E-state index is 16.4. The molecule has 0 atom stereocenters. The van der Waals surface area contributed by atoms with Crippen LogP contribution in [0.5, 0.6) is 5.88 Å². The van der Waals surface area contributed by atoms with Gasteiger partial charge in [0.15, 0.2) is 11.5 Å². The molecule has 2 aliphatic carbocycles. The van der Waals surface area contributed by atoms with Crippen molar-refractivity contribution in [2.45, 2.75) is 50.4 Å². The molecule has 4 heterocycles. The maximum absolute atomic E-state index is 16.4. The van der Waals surface area contributed by atoms with E-state index in [0.717, 1.165) is 31.9 Å². The minimum Gasteiger partial charge on any atom is -0.480 e. The number of alkyl halides is 3. The molecule has 0 aliphatic heterocycles. The summed E-state index contributed by atoms with van der Waals surface area (Å²) in [5.74, 6) is -0.0850. The zero-order chi connectivity index (χ0) is 29.2. The number of hydrogen-bond acceptors (Lipinski definition) is 6. The highest BCUT2D eigenvalue weighted by molar-refractivity contribution is 5.84. The normalized spacial score (nSPS) is 15.4. The Morgan fingerprint density at radius 1 is 1.00 bits per heavy atom. The zero-order valence-electron chi connectivity index (χ0n) is 22.4. The Hall–Kier alpha value is -4.61. The van der Waals surface area contributed by atoms with Gasteiger partial charge in [0.2, 0.25) is 5.88 Å². The fourth-order valence-electron chi connectivity index (χ4n) is 5.32. The first-order chi connectivity index (χ1) is 20.2. The summed E-state index contributed by atoms with van der Waals surface area (Å²) >= 11 is 0. The third kappa shape index (κ3) is 4.60. The summed E-state index contributed by atoms with van der Waals surface area (Å²) in [6.07, 6.45) is 2.84. The fraction of sp³-hybridized carbons (Fsp3) is 0.300. The van der Waals surface area contributed by atoms with Crippen molar-refractivity contribution in [1.82, 2.24) is 29.1 Å². The highest BCUT2D eigenvalue weighted by Crippen LogP contribution is 2.46. The van der Waals surface area contributed by atoms with Crippen LogP contribution in [-0.4, -0.2) is 36.2 Å². The Balaban J connectivity index is 1.28. The number of rotatable bonds is 7. The second kappa shape index (κ2) is 9.74. The lowest BCUT2D eigenvalue weighted by molar-refractivity contribution is -0.140. The van der Waals surface area contributed by atoms with E-state index in [2.05, 4.69) is 19.9 Å². The van der Waals surface area contributed by atoms with E-state index in [1.54, 1.807) is 28.8 Å². The highest BCUT2D eigenvalue weighted by atomic mass is 19.4. The lowest BCUT2D eigenvalue weighted by atomic mass is 10.1. The molecule has 8 nitrogen and oxygen atoms in total. The first-order valence-electron chi connectivity index (χ1n) is 13.6. The minimum atomic E-state index is -4.54. The smallest absolute Gasteiger partial charge is 0.434 e. The second-order valence-electron chi connectivity index (χ2n) is 10.7. The predicted octanol–water partition coefficient (Wildman–Crippen LogP) is 6.14. The van der Waals surface area contributed by atoms with Gasteiger partial charge in [-0.3, -0.25) is 9.78 Å². The van der Waals surface area contributed by atoms with Crippen LogP contribution in [0.1, 0.15) is 54.6 Å². The number of methoxy groups -OCH3 is 1. The van der Waals surface area contributed by atoms with E-state index in [0.29, 0.717) is 27.8 Å². The molecule has 2 saturated carbocycles. The van der Waals surface area contributed by atoms with Crippen molar-refractivity contribution >= 4 is 10.9 Å². The molecule has 4 aromatic heterocycles. The number of hydrogen-bond donors (Lipinski definition) is 0. The van der Waals surface area contributed by atoms with Gasteiger partial charge in [-0.05, 0) is 37.3 Å². The first-order valence-corrected chi connectivity index (χ1v) is 13.6. The monoisotopic (exact) mass is 576 g/mol. The molecule has 0 spiro atoms.